The number of carbonyl (C=O) groups excluding carboxylic acids is 1. The number of nitrogens with zero attached hydrogens (tertiary/aromatic N) is 1. The van der Waals surface area contributed by atoms with E-state index in [4.69, 9.17) is 5.14 Å². The molecule has 0 bridgehead atoms. The Labute approximate surface area is 158 Å². The van der Waals surface area contributed by atoms with E-state index in [9.17, 15) is 13.2 Å². The second kappa shape index (κ2) is 11.3. The Balaban J connectivity index is 0.000000377. The summed E-state index contributed by atoms with van der Waals surface area (Å²) in [7, 11) is -2.22. The number of Topliss-reactive ketones (excluding diaryl/α,β-unsaturated/α-hetero) is 1. The monoisotopic (exact) mass is 392 g/mol. The van der Waals surface area contributed by atoms with E-state index in [0.29, 0.717) is 5.78 Å². The van der Waals surface area contributed by atoms with Crippen LogP contribution in [0.1, 0.15) is 92.9 Å². The van der Waals surface area contributed by atoms with Crippen LogP contribution in [0.4, 0.5) is 0 Å². The maximum absolute atomic E-state index is 11.5. The van der Waals surface area contributed by atoms with E-state index in [1.807, 2.05) is 41.5 Å². The summed E-state index contributed by atoms with van der Waals surface area (Å²) >= 11 is 0. The van der Waals surface area contributed by atoms with Crippen molar-refractivity contribution in [1.82, 2.24) is 0 Å². The number of hydrogen-bond acceptors (Lipinski definition) is 3. The minimum atomic E-state index is -1.18. The Hall–Kier alpha value is -0.400. The van der Waals surface area contributed by atoms with Crippen LogP contribution >= 0.6 is 0 Å². The lowest BCUT2D eigenvalue weighted by molar-refractivity contribution is -0.117. The molecule has 0 heterocycles. The van der Waals surface area contributed by atoms with Crippen LogP contribution < -0.4 is 5.14 Å². The van der Waals surface area contributed by atoms with Crippen molar-refractivity contribution in [2.45, 2.75) is 102 Å². The molecule has 2 atom stereocenters. The molecule has 0 aromatic heterocycles. The molecule has 0 spiro atoms. The van der Waals surface area contributed by atoms with Gasteiger partial charge in [0.2, 0.25) is 0 Å². The Kier molecular flexibility index (Phi) is 11.2. The molecular formula is C18H36N2O3S2. The first-order valence-corrected chi connectivity index (χ1v) is 11.3. The fourth-order valence-corrected chi connectivity index (χ4v) is 2.59. The van der Waals surface area contributed by atoms with E-state index in [0.717, 1.165) is 44.2 Å². The Bertz CT molecular complexity index is 487. The van der Waals surface area contributed by atoms with Gasteiger partial charge in [-0.15, -0.1) is 0 Å². The van der Waals surface area contributed by atoms with Gasteiger partial charge in [0.05, 0.1) is 20.5 Å². The highest BCUT2D eigenvalue weighted by molar-refractivity contribution is 7.85. The fraction of sp³-hybridized carbons (Fsp3) is 0.889. The van der Waals surface area contributed by atoms with Crippen molar-refractivity contribution in [2.24, 2.45) is 9.54 Å². The van der Waals surface area contributed by atoms with Crippen molar-refractivity contribution >= 4 is 33.5 Å². The highest BCUT2D eigenvalue weighted by atomic mass is 32.2. The quantitative estimate of drug-likeness (QED) is 0.731. The molecule has 2 saturated carbocycles. The second-order valence-corrected chi connectivity index (χ2v) is 12.1. The van der Waals surface area contributed by atoms with Crippen LogP contribution in [0.25, 0.3) is 0 Å². The summed E-state index contributed by atoms with van der Waals surface area (Å²) in [5.41, 5.74) is 1.16. The molecule has 7 heteroatoms. The first kappa shape index (κ1) is 24.6. The topological polar surface area (TPSA) is 89.6 Å². The van der Waals surface area contributed by atoms with Gasteiger partial charge in [0.25, 0.3) is 0 Å². The summed E-state index contributed by atoms with van der Waals surface area (Å²) in [6.45, 7) is 11.4. The van der Waals surface area contributed by atoms with Crippen LogP contribution in [-0.4, -0.2) is 29.4 Å². The molecule has 2 rings (SSSR count). The number of hydrogen-bond donors (Lipinski definition) is 1. The minimum Gasteiger partial charge on any atom is -0.300 e. The molecule has 2 aliphatic carbocycles. The van der Waals surface area contributed by atoms with Crippen LogP contribution in [0, 0.1) is 0 Å². The lowest BCUT2D eigenvalue weighted by Gasteiger charge is -2.13. The maximum atomic E-state index is 11.5. The second-order valence-electron chi connectivity index (χ2n) is 8.38. The molecule has 2 N–H and O–H groups in total. The Morgan fingerprint density at radius 3 is 1.40 bits per heavy atom. The Morgan fingerprint density at radius 2 is 1.16 bits per heavy atom. The van der Waals surface area contributed by atoms with Gasteiger partial charge in [-0.2, -0.15) is 4.40 Å². The average Bonchev–Trinajstić information content (AvgIpc) is 3.11. The van der Waals surface area contributed by atoms with E-state index in [-0.39, 0.29) is 9.49 Å². The summed E-state index contributed by atoms with van der Waals surface area (Å²) in [5, 5.41) is 5.04. The van der Waals surface area contributed by atoms with Crippen molar-refractivity contribution in [2.75, 3.05) is 0 Å². The lowest BCUT2D eigenvalue weighted by Crippen LogP contribution is -2.27. The summed E-state index contributed by atoms with van der Waals surface area (Å²) in [4.78, 5) is 10.2. The predicted molar refractivity (Wildman–Crippen MR) is 109 cm³/mol. The molecule has 148 valence electrons. The molecule has 5 nitrogen and oxygen atoms in total. The highest BCUT2D eigenvalue weighted by Gasteiger charge is 2.20. The molecule has 2 fully saturated rings. The van der Waals surface area contributed by atoms with Crippen LogP contribution in [0.5, 0.6) is 0 Å². The van der Waals surface area contributed by atoms with Gasteiger partial charge in [-0.3, -0.25) is 9.93 Å². The summed E-state index contributed by atoms with van der Waals surface area (Å²) in [6.07, 6.45) is 8.53. The van der Waals surface area contributed by atoms with Gasteiger partial charge in [-0.05, 0) is 80.1 Å². The van der Waals surface area contributed by atoms with Crippen molar-refractivity contribution in [3.05, 3.63) is 0 Å². The first-order valence-electron chi connectivity index (χ1n) is 9.00. The zero-order chi connectivity index (χ0) is 19.7. The highest BCUT2D eigenvalue weighted by Crippen LogP contribution is 2.19. The molecule has 0 radical (unpaired) electrons. The zero-order valence-electron chi connectivity index (χ0n) is 16.7. The molecule has 0 aromatic carbocycles. The average molecular weight is 393 g/mol. The van der Waals surface area contributed by atoms with Crippen LogP contribution in [0.15, 0.2) is 4.40 Å². The third kappa shape index (κ3) is 12.6. The summed E-state index contributed by atoms with van der Waals surface area (Å²) in [6, 6.07) is 0. The van der Waals surface area contributed by atoms with E-state index in [1.54, 1.807) is 0 Å². The van der Waals surface area contributed by atoms with Gasteiger partial charge >= 0.3 is 0 Å². The zero-order valence-corrected chi connectivity index (χ0v) is 18.4. The summed E-state index contributed by atoms with van der Waals surface area (Å²) < 4.78 is 25.7. The van der Waals surface area contributed by atoms with Gasteiger partial charge < -0.3 is 0 Å². The van der Waals surface area contributed by atoms with E-state index < -0.39 is 22.0 Å². The number of nitrogens with two attached hydrogens (primary N) is 1. The van der Waals surface area contributed by atoms with Gasteiger partial charge in [0.15, 0.2) is 0 Å². The third-order valence-electron chi connectivity index (χ3n) is 3.68. The molecule has 25 heavy (non-hydrogen) atoms. The molecule has 0 unspecified atom stereocenters. The third-order valence-corrected chi connectivity index (χ3v) is 6.36. The predicted octanol–water partition coefficient (Wildman–Crippen LogP) is 4.00. The van der Waals surface area contributed by atoms with Crippen molar-refractivity contribution in [3.63, 3.8) is 0 Å². The Morgan fingerprint density at radius 1 is 0.800 bits per heavy atom. The van der Waals surface area contributed by atoms with Gasteiger partial charge in [0.1, 0.15) is 16.8 Å². The van der Waals surface area contributed by atoms with Gasteiger partial charge in [0, 0.05) is 18.6 Å². The smallest absolute Gasteiger partial charge is 0.144 e. The van der Waals surface area contributed by atoms with Crippen molar-refractivity contribution in [3.8, 4) is 0 Å². The van der Waals surface area contributed by atoms with Crippen LogP contribution in [-0.2, 0) is 26.8 Å². The molecule has 0 aromatic rings. The molecule has 0 aliphatic heterocycles. The van der Waals surface area contributed by atoms with Crippen molar-refractivity contribution < 1.29 is 13.2 Å². The standard InChI is InChI=1S/C9H17NOS.C5H8O.C4H11NOS/c1-9(2,3)12(11)10-8-6-4-5-7-8;6-5-3-1-2-4-5;1-4(2,3)7(5)6/h4-7H2,1-3H3;1-4H2;5H2,1-3H3/t12-;;7-/m1.1/s1. The SMILES string of the molecule is CC(C)(C)[S@@](=O)N=C1CCCC1.CC(C)(C)[S@](N)=O.O=C1CCCC1. The molecular weight excluding hydrogens is 356 g/mol. The van der Waals surface area contributed by atoms with E-state index in [1.165, 1.54) is 12.8 Å². The number of rotatable bonds is 1. The lowest BCUT2D eigenvalue weighted by atomic mass is 10.3. The van der Waals surface area contributed by atoms with Gasteiger partial charge in [-0.1, -0.05) is 0 Å². The van der Waals surface area contributed by atoms with Gasteiger partial charge in [-0.25, -0.2) is 8.42 Å². The molecule has 0 amide bonds. The molecule has 0 saturated heterocycles. The van der Waals surface area contributed by atoms with Crippen LogP contribution in [0.3, 0.4) is 0 Å². The van der Waals surface area contributed by atoms with E-state index in [2.05, 4.69) is 4.40 Å². The maximum Gasteiger partial charge on any atom is 0.144 e. The minimum absolute atomic E-state index is 0.199. The summed E-state index contributed by atoms with van der Waals surface area (Å²) in [5.74, 6) is 0.454. The van der Waals surface area contributed by atoms with E-state index >= 15 is 0 Å². The number of ketones is 1. The first-order chi connectivity index (χ1) is 11.3. The van der Waals surface area contributed by atoms with Crippen LogP contribution in [0.2, 0.25) is 0 Å². The fourth-order valence-electron chi connectivity index (χ4n) is 1.90. The van der Waals surface area contributed by atoms with Crippen molar-refractivity contribution in [1.29, 1.82) is 0 Å². The number of carbonyl (C=O) groups is 1. The largest absolute Gasteiger partial charge is 0.300 e. The normalized spacial score (nSPS) is 20.1. The molecule has 2 aliphatic rings.